The van der Waals surface area contributed by atoms with Crippen LogP contribution >= 0.6 is 23.2 Å². The summed E-state index contributed by atoms with van der Waals surface area (Å²) in [5, 5.41) is 21.9. The molecule has 1 N–H and O–H groups in total. The first-order chi connectivity index (χ1) is 20.2. The Bertz CT molecular complexity index is 1980. The van der Waals surface area contributed by atoms with Gasteiger partial charge in [0.2, 0.25) is 10.6 Å². The molecule has 0 bridgehead atoms. The summed E-state index contributed by atoms with van der Waals surface area (Å²) in [6.45, 7) is 0.203. The summed E-state index contributed by atoms with van der Waals surface area (Å²) in [6, 6.07) is 12.6. The van der Waals surface area contributed by atoms with Crippen molar-refractivity contribution in [2.45, 2.75) is 16.3 Å². The molecule has 0 atom stereocenters. The van der Waals surface area contributed by atoms with Crippen LogP contribution in [0.2, 0.25) is 10.6 Å². The molecule has 0 aliphatic rings. The second-order valence-electron chi connectivity index (χ2n) is 8.33. The molecule has 4 rings (SSSR count). The quantitative estimate of drug-likeness (QED) is 0.0527. The summed E-state index contributed by atoms with van der Waals surface area (Å²) in [5.74, 6) is 0.319. The van der Waals surface area contributed by atoms with Crippen molar-refractivity contribution in [3.63, 3.8) is 0 Å². The van der Waals surface area contributed by atoms with Crippen LogP contribution in [-0.4, -0.2) is 45.8 Å². The predicted molar refractivity (Wildman–Crippen MR) is 152 cm³/mol. The molecule has 0 aliphatic carbocycles. The molecule has 0 spiro atoms. The van der Waals surface area contributed by atoms with Gasteiger partial charge in [0, 0.05) is 17.8 Å². The molecule has 0 saturated heterocycles. The number of nitro benzene ring substituents is 1. The maximum Gasteiger partial charge on any atom is 1.00 e. The number of nitro groups is 1. The second kappa shape index (κ2) is 16.4. The van der Waals surface area contributed by atoms with Crippen molar-refractivity contribution in [2.24, 2.45) is 10.2 Å². The van der Waals surface area contributed by atoms with Crippen LogP contribution in [0.5, 0.6) is 0 Å². The zero-order valence-electron chi connectivity index (χ0n) is 23.2. The van der Waals surface area contributed by atoms with Crippen LogP contribution in [0.1, 0.15) is 17.0 Å². The van der Waals surface area contributed by atoms with Gasteiger partial charge in [0.25, 0.3) is 5.69 Å². The molecular formula is C24H15Cl2N7Na2O8S2. The van der Waals surface area contributed by atoms with Crippen molar-refractivity contribution >= 4 is 78.3 Å². The summed E-state index contributed by atoms with van der Waals surface area (Å²) in [4.78, 5) is 20.0. The Morgan fingerprint density at radius 1 is 0.756 bits per heavy atom. The maximum absolute atomic E-state index is 12.0. The van der Waals surface area contributed by atoms with E-state index in [1.165, 1.54) is 12.1 Å². The van der Waals surface area contributed by atoms with Crippen molar-refractivity contribution < 1.29 is 90.0 Å². The first kappa shape index (κ1) is 38.8. The number of benzene rings is 3. The molecule has 0 aliphatic heterocycles. The van der Waals surface area contributed by atoms with Gasteiger partial charge in [0.1, 0.15) is 20.2 Å². The Morgan fingerprint density at radius 2 is 1.24 bits per heavy atom. The van der Waals surface area contributed by atoms with E-state index >= 15 is 0 Å². The molecule has 222 valence electrons. The molecule has 4 aromatic rings. The number of rotatable bonds is 10. The molecule has 0 saturated carbocycles. The van der Waals surface area contributed by atoms with Crippen LogP contribution in [-0.2, 0) is 26.8 Å². The fraction of sp³-hybridized carbons (Fsp3) is 0.0417. The third-order valence-corrected chi connectivity index (χ3v) is 7.53. The van der Waals surface area contributed by atoms with Gasteiger partial charge in [0.05, 0.1) is 32.6 Å². The minimum Gasteiger partial charge on any atom is -0.744 e. The van der Waals surface area contributed by atoms with Gasteiger partial charge in [0.15, 0.2) is 5.82 Å². The second-order valence-corrected chi connectivity index (χ2v) is 11.7. The van der Waals surface area contributed by atoms with E-state index in [9.17, 15) is 36.1 Å². The van der Waals surface area contributed by atoms with E-state index in [1.54, 1.807) is 24.3 Å². The van der Waals surface area contributed by atoms with E-state index in [0.29, 0.717) is 23.3 Å². The summed E-state index contributed by atoms with van der Waals surface area (Å²) in [6.07, 6.45) is 2.12. The summed E-state index contributed by atoms with van der Waals surface area (Å²) >= 11 is 11.5. The average Bonchev–Trinajstić information content (AvgIpc) is 2.93. The van der Waals surface area contributed by atoms with Gasteiger partial charge in [-0.05, 0) is 76.8 Å². The Kier molecular flexibility index (Phi) is 14.2. The van der Waals surface area contributed by atoms with Gasteiger partial charge in [-0.1, -0.05) is 18.2 Å². The Labute approximate surface area is 310 Å². The smallest absolute Gasteiger partial charge is 0.744 e. The number of non-ortho nitro benzene ring substituents is 1. The van der Waals surface area contributed by atoms with Gasteiger partial charge < -0.3 is 14.4 Å². The van der Waals surface area contributed by atoms with Crippen LogP contribution in [0.3, 0.4) is 0 Å². The third kappa shape index (κ3) is 11.1. The first-order valence-electron chi connectivity index (χ1n) is 11.5. The molecule has 45 heavy (non-hydrogen) atoms. The number of halogens is 2. The van der Waals surface area contributed by atoms with Crippen LogP contribution in [0.4, 0.5) is 22.7 Å². The van der Waals surface area contributed by atoms with E-state index in [0.717, 1.165) is 30.4 Å². The monoisotopic (exact) mass is 709 g/mol. The van der Waals surface area contributed by atoms with Gasteiger partial charge in [-0.2, -0.15) is 15.2 Å². The van der Waals surface area contributed by atoms with E-state index in [2.05, 4.69) is 30.5 Å². The molecule has 3 aromatic carbocycles. The zero-order chi connectivity index (χ0) is 31.4. The molecule has 0 unspecified atom stereocenters. The van der Waals surface area contributed by atoms with Crippen LogP contribution in [0, 0.1) is 10.1 Å². The van der Waals surface area contributed by atoms with Crippen molar-refractivity contribution in [3.05, 3.63) is 98.3 Å². The molecule has 0 amide bonds. The van der Waals surface area contributed by atoms with Gasteiger partial charge in [-0.25, -0.2) is 26.8 Å². The van der Waals surface area contributed by atoms with Crippen LogP contribution < -0.4 is 64.4 Å². The number of anilines is 1. The summed E-state index contributed by atoms with van der Waals surface area (Å²) < 4.78 is 70.8. The molecule has 15 nitrogen and oxygen atoms in total. The number of nitrogens with zero attached hydrogens (tertiary/aromatic N) is 6. The topological polar surface area (TPSA) is 233 Å². The summed E-state index contributed by atoms with van der Waals surface area (Å²) in [7, 11) is -10.2. The van der Waals surface area contributed by atoms with Gasteiger partial charge in [-0.15, -0.1) is 0 Å². The number of hydrogen-bond donors (Lipinski definition) is 1. The van der Waals surface area contributed by atoms with Crippen LogP contribution in [0.25, 0.3) is 12.2 Å². The molecule has 1 heterocycles. The van der Waals surface area contributed by atoms with E-state index < -0.39 is 40.6 Å². The van der Waals surface area contributed by atoms with E-state index in [4.69, 9.17) is 23.2 Å². The zero-order valence-corrected chi connectivity index (χ0v) is 30.3. The van der Waals surface area contributed by atoms with Crippen LogP contribution in [0.15, 0.2) is 80.7 Å². The average molecular weight is 710 g/mol. The molecular weight excluding hydrogens is 695 g/mol. The van der Waals surface area contributed by atoms with Crippen molar-refractivity contribution in [3.8, 4) is 0 Å². The minimum atomic E-state index is -5.13. The molecule has 0 radical (unpaired) electrons. The largest absolute Gasteiger partial charge is 1.00 e. The van der Waals surface area contributed by atoms with Crippen molar-refractivity contribution in [2.75, 3.05) is 5.32 Å². The third-order valence-electron chi connectivity index (χ3n) is 5.41. The molecule has 21 heteroatoms. The summed E-state index contributed by atoms with van der Waals surface area (Å²) in [5.41, 5.74) is 0.0243. The standard InChI is InChI=1S/C24H17Cl2N7O8S2.2Na/c25-23-28-22(29-24(26)30-23)13-27-16-6-8-17(9-7-16)31-32-18-5-3-14(20(11-18)42(36,37)38)1-2-15-4-10-19(33(34)35)12-21(15)43(39,40)41;;/h1-12,27H,13H2,(H,36,37,38)(H,39,40,41);;/q;2*+1/p-2/b2-1+,32-31?;;. The number of aromatic nitrogens is 3. The van der Waals surface area contributed by atoms with Crippen molar-refractivity contribution in [1.82, 2.24) is 15.0 Å². The maximum atomic E-state index is 12.0. The Morgan fingerprint density at radius 3 is 1.78 bits per heavy atom. The van der Waals surface area contributed by atoms with E-state index in [1.807, 2.05) is 0 Å². The fourth-order valence-corrected chi connectivity index (χ4v) is 5.27. The number of hydrogen-bond acceptors (Lipinski definition) is 14. The van der Waals surface area contributed by atoms with E-state index in [-0.39, 0.29) is 93.0 Å². The Balaban J connectivity index is 0.00000353. The van der Waals surface area contributed by atoms with Crippen molar-refractivity contribution in [1.29, 1.82) is 0 Å². The minimum absolute atomic E-state index is 0. The first-order valence-corrected chi connectivity index (χ1v) is 15.1. The van der Waals surface area contributed by atoms with Gasteiger partial charge in [-0.3, -0.25) is 10.1 Å². The number of nitrogens with one attached hydrogen (secondary N) is 1. The fourth-order valence-electron chi connectivity index (χ4n) is 3.50. The molecule has 1 aromatic heterocycles. The molecule has 0 fully saturated rings. The SMILES string of the molecule is O=[N+]([O-])c1ccc(/C=C/c2ccc(N=Nc3ccc(NCc4nc(Cl)nc(Cl)n4)cc3)cc2S(=O)(=O)[O-])c(S(=O)(=O)[O-])c1.[Na+].[Na+]. The van der Waals surface area contributed by atoms with Gasteiger partial charge >= 0.3 is 59.1 Å². The Hall–Kier alpha value is -2.39. The normalized spacial score (nSPS) is 11.6. The number of azo groups is 1. The predicted octanol–water partition coefficient (Wildman–Crippen LogP) is -0.899.